The maximum atomic E-state index is 13.1. The molecule has 0 bridgehead atoms. The Balaban J connectivity index is 2.35. The topological polar surface area (TPSA) is 38.9 Å². The number of nitrogen functional groups attached to an aromatic ring is 1. The van der Waals surface area contributed by atoms with Crippen LogP contribution in [0.3, 0.4) is 0 Å². The van der Waals surface area contributed by atoms with Crippen molar-refractivity contribution in [1.82, 2.24) is 4.98 Å². The molecule has 0 spiro atoms. The molecule has 100 valence electrons. The molecule has 0 aliphatic rings. The SMILES string of the molecule is Nc1ncccc1Cc1ccc(F)c(C(F)(F)F)c1. The van der Waals surface area contributed by atoms with Gasteiger partial charge in [0, 0.05) is 12.6 Å². The number of halogens is 4. The predicted molar refractivity (Wildman–Crippen MR) is 62.9 cm³/mol. The highest BCUT2D eigenvalue weighted by atomic mass is 19.4. The summed E-state index contributed by atoms with van der Waals surface area (Å²) in [6.07, 6.45) is -3.05. The molecule has 2 aromatic rings. The maximum absolute atomic E-state index is 13.1. The minimum absolute atomic E-state index is 0.170. The zero-order valence-corrected chi connectivity index (χ0v) is 9.71. The molecule has 2 nitrogen and oxygen atoms in total. The van der Waals surface area contributed by atoms with Gasteiger partial charge in [-0.25, -0.2) is 9.37 Å². The minimum atomic E-state index is -4.71. The molecule has 0 atom stereocenters. The zero-order valence-electron chi connectivity index (χ0n) is 9.71. The molecule has 1 aromatic carbocycles. The first-order chi connectivity index (χ1) is 8.88. The van der Waals surface area contributed by atoms with Gasteiger partial charge in [0.15, 0.2) is 0 Å². The van der Waals surface area contributed by atoms with Crippen LogP contribution in [0.25, 0.3) is 0 Å². The van der Waals surface area contributed by atoms with E-state index in [9.17, 15) is 17.6 Å². The Labute approximate surface area is 106 Å². The van der Waals surface area contributed by atoms with E-state index in [2.05, 4.69) is 4.98 Å². The summed E-state index contributed by atoms with van der Waals surface area (Å²) in [7, 11) is 0. The highest BCUT2D eigenvalue weighted by molar-refractivity contribution is 5.42. The van der Waals surface area contributed by atoms with Crippen LogP contribution >= 0.6 is 0 Å². The lowest BCUT2D eigenvalue weighted by Crippen LogP contribution is -2.09. The zero-order chi connectivity index (χ0) is 14.0. The Morgan fingerprint density at radius 2 is 1.89 bits per heavy atom. The van der Waals surface area contributed by atoms with E-state index in [4.69, 9.17) is 5.73 Å². The van der Waals surface area contributed by atoms with Crippen molar-refractivity contribution in [2.24, 2.45) is 0 Å². The summed E-state index contributed by atoms with van der Waals surface area (Å²) in [5.41, 5.74) is 5.27. The molecule has 0 aliphatic heterocycles. The van der Waals surface area contributed by atoms with Gasteiger partial charge in [0.2, 0.25) is 0 Å². The van der Waals surface area contributed by atoms with Crippen molar-refractivity contribution in [2.45, 2.75) is 12.6 Å². The molecule has 0 amide bonds. The van der Waals surface area contributed by atoms with Crippen LogP contribution in [0.5, 0.6) is 0 Å². The number of benzene rings is 1. The van der Waals surface area contributed by atoms with Crippen molar-refractivity contribution in [3.63, 3.8) is 0 Å². The molecule has 0 radical (unpaired) electrons. The van der Waals surface area contributed by atoms with E-state index < -0.39 is 17.6 Å². The summed E-state index contributed by atoms with van der Waals surface area (Å²) in [6.45, 7) is 0. The van der Waals surface area contributed by atoms with Crippen molar-refractivity contribution in [3.8, 4) is 0 Å². The third-order valence-electron chi connectivity index (χ3n) is 2.66. The number of anilines is 1. The fourth-order valence-corrected chi connectivity index (χ4v) is 1.72. The van der Waals surface area contributed by atoms with Crippen LogP contribution in [0.2, 0.25) is 0 Å². The molecule has 19 heavy (non-hydrogen) atoms. The van der Waals surface area contributed by atoms with Gasteiger partial charge in [-0.05, 0) is 29.3 Å². The lowest BCUT2D eigenvalue weighted by Gasteiger charge is -2.10. The summed E-state index contributed by atoms with van der Waals surface area (Å²) in [5, 5.41) is 0. The third-order valence-corrected chi connectivity index (χ3v) is 2.66. The lowest BCUT2D eigenvalue weighted by atomic mass is 10.0. The van der Waals surface area contributed by atoms with E-state index in [1.165, 1.54) is 12.3 Å². The number of hydrogen-bond acceptors (Lipinski definition) is 2. The van der Waals surface area contributed by atoms with Gasteiger partial charge < -0.3 is 5.73 Å². The van der Waals surface area contributed by atoms with Crippen molar-refractivity contribution >= 4 is 5.82 Å². The van der Waals surface area contributed by atoms with Gasteiger partial charge in [0.25, 0.3) is 0 Å². The van der Waals surface area contributed by atoms with Crippen molar-refractivity contribution in [3.05, 3.63) is 59.0 Å². The van der Waals surface area contributed by atoms with Crippen molar-refractivity contribution < 1.29 is 17.6 Å². The summed E-state index contributed by atoms with van der Waals surface area (Å²) >= 11 is 0. The van der Waals surface area contributed by atoms with Crippen LogP contribution < -0.4 is 5.73 Å². The molecular formula is C13H10F4N2. The van der Waals surface area contributed by atoms with Gasteiger partial charge in [-0.15, -0.1) is 0 Å². The number of nitrogens with zero attached hydrogens (tertiary/aromatic N) is 1. The number of aromatic nitrogens is 1. The summed E-state index contributed by atoms with van der Waals surface area (Å²) in [5.74, 6) is -1.03. The number of pyridine rings is 1. The van der Waals surface area contributed by atoms with Crippen LogP contribution in [0, 0.1) is 5.82 Å². The second-order valence-electron chi connectivity index (χ2n) is 4.04. The average molecular weight is 270 g/mol. The molecule has 2 rings (SSSR count). The monoisotopic (exact) mass is 270 g/mol. The van der Waals surface area contributed by atoms with Crippen LogP contribution in [-0.2, 0) is 12.6 Å². The van der Waals surface area contributed by atoms with Crippen molar-refractivity contribution in [1.29, 1.82) is 0 Å². The summed E-state index contributed by atoms with van der Waals surface area (Å²) in [6, 6.07) is 6.21. The highest BCUT2D eigenvalue weighted by Crippen LogP contribution is 2.32. The largest absolute Gasteiger partial charge is 0.419 e. The number of alkyl halides is 3. The van der Waals surface area contributed by atoms with E-state index in [1.54, 1.807) is 12.1 Å². The number of nitrogens with two attached hydrogens (primary N) is 1. The van der Waals surface area contributed by atoms with E-state index in [-0.39, 0.29) is 12.2 Å². The van der Waals surface area contributed by atoms with E-state index in [1.807, 2.05) is 0 Å². The minimum Gasteiger partial charge on any atom is -0.383 e. The number of hydrogen-bond donors (Lipinski definition) is 1. The lowest BCUT2D eigenvalue weighted by molar-refractivity contribution is -0.140. The average Bonchev–Trinajstić information content (AvgIpc) is 2.33. The molecule has 0 saturated carbocycles. The summed E-state index contributed by atoms with van der Waals surface area (Å²) in [4.78, 5) is 3.85. The summed E-state index contributed by atoms with van der Waals surface area (Å²) < 4.78 is 50.8. The van der Waals surface area contributed by atoms with Crippen LogP contribution in [0.1, 0.15) is 16.7 Å². The first-order valence-corrected chi connectivity index (χ1v) is 5.43. The smallest absolute Gasteiger partial charge is 0.383 e. The highest BCUT2D eigenvalue weighted by Gasteiger charge is 2.34. The second-order valence-corrected chi connectivity index (χ2v) is 4.04. The van der Waals surface area contributed by atoms with Gasteiger partial charge in [-0.2, -0.15) is 13.2 Å². The van der Waals surface area contributed by atoms with Crippen LogP contribution in [-0.4, -0.2) is 4.98 Å². The molecule has 0 saturated heterocycles. The molecule has 1 heterocycles. The van der Waals surface area contributed by atoms with Gasteiger partial charge in [0.05, 0.1) is 5.56 Å². The first-order valence-electron chi connectivity index (χ1n) is 5.43. The maximum Gasteiger partial charge on any atom is 0.419 e. The second kappa shape index (κ2) is 4.87. The van der Waals surface area contributed by atoms with Gasteiger partial charge >= 0.3 is 6.18 Å². The van der Waals surface area contributed by atoms with Crippen LogP contribution in [0.15, 0.2) is 36.5 Å². The Morgan fingerprint density at radius 3 is 2.53 bits per heavy atom. The molecular weight excluding hydrogens is 260 g/mol. The number of rotatable bonds is 2. The molecule has 0 fully saturated rings. The van der Waals surface area contributed by atoms with Crippen LogP contribution in [0.4, 0.5) is 23.4 Å². The van der Waals surface area contributed by atoms with E-state index in [0.29, 0.717) is 11.1 Å². The van der Waals surface area contributed by atoms with Gasteiger partial charge in [-0.3, -0.25) is 0 Å². The molecule has 1 aromatic heterocycles. The Hall–Kier alpha value is -2.11. The Kier molecular flexibility index (Phi) is 3.42. The quantitative estimate of drug-likeness (QED) is 0.849. The standard InChI is InChI=1S/C13H10F4N2/c14-11-4-3-8(7-10(11)13(15,16)17)6-9-2-1-5-19-12(9)18/h1-5,7H,6H2,(H2,18,19). The molecule has 0 unspecified atom stereocenters. The first kappa shape index (κ1) is 13.3. The molecule has 2 N–H and O–H groups in total. The van der Waals surface area contributed by atoms with Gasteiger partial charge in [0.1, 0.15) is 11.6 Å². The molecule has 6 heteroatoms. The third kappa shape index (κ3) is 3.01. The predicted octanol–water partition coefficient (Wildman–Crippen LogP) is 3.41. The normalized spacial score (nSPS) is 11.6. The van der Waals surface area contributed by atoms with E-state index in [0.717, 1.165) is 12.1 Å². The fourth-order valence-electron chi connectivity index (χ4n) is 1.72. The van der Waals surface area contributed by atoms with Crippen molar-refractivity contribution in [2.75, 3.05) is 5.73 Å². The Bertz CT molecular complexity index is 593. The molecule has 0 aliphatic carbocycles. The Morgan fingerprint density at radius 1 is 1.16 bits per heavy atom. The fraction of sp³-hybridized carbons (Fsp3) is 0.154. The van der Waals surface area contributed by atoms with E-state index >= 15 is 0 Å². The van der Waals surface area contributed by atoms with Gasteiger partial charge in [-0.1, -0.05) is 12.1 Å².